The first-order valence-corrected chi connectivity index (χ1v) is 9.15. The largest absolute Gasteiger partial charge is 0.294 e. The van der Waals surface area contributed by atoms with E-state index in [1.807, 2.05) is 83.5 Å². The Hall–Kier alpha value is -2.79. The summed E-state index contributed by atoms with van der Waals surface area (Å²) in [4.78, 5) is 12.9. The number of benzene rings is 3. The van der Waals surface area contributed by atoms with Gasteiger partial charge < -0.3 is 0 Å². The molecule has 4 nitrogen and oxygen atoms in total. The molecule has 0 aliphatic heterocycles. The molecule has 0 spiro atoms. The fraction of sp³-hybridized carbons (Fsp3) is 0.0952. The normalized spacial score (nSPS) is 12.2. The summed E-state index contributed by atoms with van der Waals surface area (Å²) in [6.45, 7) is 0. The zero-order chi connectivity index (χ0) is 17.9. The predicted molar refractivity (Wildman–Crippen MR) is 105 cm³/mol. The van der Waals surface area contributed by atoms with Gasteiger partial charge in [-0.1, -0.05) is 75.7 Å². The average Bonchev–Trinajstić information content (AvgIpc) is 3.11. The van der Waals surface area contributed by atoms with Crippen molar-refractivity contribution in [1.82, 2.24) is 15.0 Å². The van der Waals surface area contributed by atoms with Crippen molar-refractivity contribution in [2.75, 3.05) is 0 Å². The maximum Gasteiger partial charge on any atom is 0.165 e. The number of aromatic nitrogens is 3. The summed E-state index contributed by atoms with van der Waals surface area (Å²) >= 11 is 3.47. The molecule has 1 heterocycles. The number of hydrogen-bond donors (Lipinski definition) is 0. The molecule has 0 aliphatic carbocycles. The first-order chi connectivity index (χ1) is 12.7. The van der Waals surface area contributed by atoms with Crippen LogP contribution in [0.15, 0.2) is 83.3 Å². The minimum Gasteiger partial charge on any atom is -0.294 e. The highest BCUT2D eigenvalue weighted by atomic mass is 79.9. The zero-order valence-corrected chi connectivity index (χ0v) is 15.5. The summed E-state index contributed by atoms with van der Waals surface area (Å²) in [5, 5.41) is 8.60. The predicted octanol–water partition coefficient (Wildman–Crippen LogP) is 5.06. The highest BCUT2D eigenvalue weighted by molar-refractivity contribution is 9.10. The first kappa shape index (κ1) is 16.7. The SMILES string of the molecule is O=C(CC(c1ccc(Br)cc1)n1nnc2ccccc21)c1ccccc1. The lowest BCUT2D eigenvalue weighted by atomic mass is 9.98. The van der Waals surface area contributed by atoms with Gasteiger partial charge in [0, 0.05) is 16.5 Å². The lowest BCUT2D eigenvalue weighted by Crippen LogP contribution is -2.17. The molecule has 5 heteroatoms. The van der Waals surface area contributed by atoms with E-state index in [1.165, 1.54) is 0 Å². The Morgan fingerprint density at radius 2 is 1.62 bits per heavy atom. The topological polar surface area (TPSA) is 47.8 Å². The third-order valence-corrected chi connectivity index (χ3v) is 4.93. The lowest BCUT2D eigenvalue weighted by molar-refractivity contribution is 0.0968. The highest BCUT2D eigenvalue weighted by Gasteiger charge is 2.22. The quantitative estimate of drug-likeness (QED) is 0.436. The van der Waals surface area contributed by atoms with E-state index in [9.17, 15) is 4.79 Å². The van der Waals surface area contributed by atoms with E-state index < -0.39 is 0 Å². The molecule has 1 aromatic heterocycles. The Bertz CT molecular complexity index is 1040. The van der Waals surface area contributed by atoms with Gasteiger partial charge in [-0.3, -0.25) is 4.79 Å². The summed E-state index contributed by atoms with van der Waals surface area (Å²) < 4.78 is 2.84. The van der Waals surface area contributed by atoms with Gasteiger partial charge in [0.2, 0.25) is 0 Å². The Labute approximate surface area is 159 Å². The minimum atomic E-state index is -0.219. The maximum atomic E-state index is 12.9. The van der Waals surface area contributed by atoms with Crippen LogP contribution in [0.5, 0.6) is 0 Å². The molecule has 0 N–H and O–H groups in total. The number of carbonyl (C=O) groups is 1. The van der Waals surface area contributed by atoms with E-state index in [2.05, 4.69) is 26.2 Å². The van der Waals surface area contributed by atoms with Crippen LogP contribution in [0.4, 0.5) is 0 Å². The van der Waals surface area contributed by atoms with E-state index >= 15 is 0 Å². The molecule has 128 valence electrons. The van der Waals surface area contributed by atoms with Crippen LogP contribution < -0.4 is 0 Å². The van der Waals surface area contributed by atoms with Crippen LogP contribution in [0.3, 0.4) is 0 Å². The molecule has 0 saturated heterocycles. The number of hydrogen-bond acceptors (Lipinski definition) is 3. The van der Waals surface area contributed by atoms with E-state index in [-0.39, 0.29) is 11.8 Å². The summed E-state index contributed by atoms with van der Waals surface area (Å²) in [7, 11) is 0. The number of nitrogens with zero attached hydrogens (tertiary/aromatic N) is 3. The number of fused-ring (bicyclic) bond motifs is 1. The van der Waals surface area contributed by atoms with Gasteiger partial charge in [-0.15, -0.1) is 5.10 Å². The Morgan fingerprint density at radius 3 is 2.38 bits per heavy atom. The number of ketones is 1. The molecule has 26 heavy (non-hydrogen) atoms. The van der Waals surface area contributed by atoms with E-state index in [0.717, 1.165) is 21.1 Å². The number of para-hydroxylation sites is 1. The number of carbonyl (C=O) groups excluding carboxylic acids is 1. The molecular formula is C21H16BrN3O. The number of rotatable bonds is 5. The first-order valence-electron chi connectivity index (χ1n) is 8.36. The summed E-state index contributed by atoms with van der Waals surface area (Å²) in [5.74, 6) is 0.0816. The Balaban J connectivity index is 1.77. The second-order valence-electron chi connectivity index (χ2n) is 6.08. The third-order valence-electron chi connectivity index (χ3n) is 4.40. The summed E-state index contributed by atoms with van der Waals surface area (Å²) in [6, 6.07) is 24.9. The number of Topliss-reactive ketones (excluding diaryl/α,β-unsaturated/α-hetero) is 1. The van der Waals surface area contributed by atoms with Gasteiger partial charge >= 0.3 is 0 Å². The van der Waals surface area contributed by atoms with Crippen molar-refractivity contribution in [3.8, 4) is 0 Å². The van der Waals surface area contributed by atoms with Crippen molar-refractivity contribution in [1.29, 1.82) is 0 Å². The molecule has 1 atom stereocenters. The van der Waals surface area contributed by atoms with Crippen LogP contribution >= 0.6 is 15.9 Å². The van der Waals surface area contributed by atoms with Gasteiger partial charge in [0.05, 0.1) is 11.6 Å². The third kappa shape index (κ3) is 3.30. The smallest absolute Gasteiger partial charge is 0.165 e. The zero-order valence-electron chi connectivity index (χ0n) is 13.9. The lowest BCUT2D eigenvalue weighted by Gasteiger charge is -2.18. The molecular weight excluding hydrogens is 390 g/mol. The van der Waals surface area contributed by atoms with Gasteiger partial charge in [0.25, 0.3) is 0 Å². The van der Waals surface area contributed by atoms with E-state index in [0.29, 0.717) is 12.0 Å². The van der Waals surface area contributed by atoms with E-state index in [4.69, 9.17) is 0 Å². The molecule has 1 unspecified atom stereocenters. The van der Waals surface area contributed by atoms with Gasteiger partial charge in [0.15, 0.2) is 5.78 Å². The average molecular weight is 406 g/mol. The van der Waals surface area contributed by atoms with Gasteiger partial charge in [-0.25, -0.2) is 4.68 Å². The van der Waals surface area contributed by atoms with Crippen molar-refractivity contribution in [3.05, 3.63) is 94.5 Å². The molecule has 4 rings (SSSR count). The fourth-order valence-electron chi connectivity index (χ4n) is 3.07. The van der Waals surface area contributed by atoms with Crippen LogP contribution in [0.2, 0.25) is 0 Å². The molecule has 0 aliphatic rings. The molecule has 0 radical (unpaired) electrons. The summed E-state index contributed by atoms with van der Waals surface area (Å²) in [5.41, 5.74) is 3.47. The molecule has 0 amide bonds. The van der Waals surface area contributed by atoms with Crippen molar-refractivity contribution >= 4 is 32.7 Å². The van der Waals surface area contributed by atoms with Gasteiger partial charge in [-0.05, 0) is 29.8 Å². The van der Waals surface area contributed by atoms with Gasteiger partial charge in [-0.2, -0.15) is 0 Å². The van der Waals surface area contributed by atoms with Crippen LogP contribution in [0.25, 0.3) is 11.0 Å². The minimum absolute atomic E-state index is 0.0816. The van der Waals surface area contributed by atoms with Crippen LogP contribution in [0, 0.1) is 0 Å². The van der Waals surface area contributed by atoms with Gasteiger partial charge in [0.1, 0.15) is 5.52 Å². The van der Waals surface area contributed by atoms with Crippen molar-refractivity contribution in [3.63, 3.8) is 0 Å². The standard InChI is InChI=1S/C21H16BrN3O/c22-17-12-10-15(11-13-17)20(14-21(26)16-6-2-1-3-7-16)25-19-9-5-4-8-18(19)23-24-25/h1-13,20H,14H2. The maximum absolute atomic E-state index is 12.9. The van der Waals surface area contributed by atoms with E-state index in [1.54, 1.807) is 0 Å². The monoisotopic (exact) mass is 405 g/mol. The molecule has 3 aromatic carbocycles. The molecule has 0 saturated carbocycles. The van der Waals surface area contributed by atoms with Crippen LogP contribution in [-0.2, 0) is 0 Å². The molecule has 4 aromatic rings. The van der Waals surface area contributed by atoms with Crippen molar-refractivity contribution in [2.24, 2.45) is 0 Å². The van der Waals surface area contributed by atoms with Crippen molar-refractivity contribution in [2.45, 2.75) is 12.5 Å². The Morgan fingerprint density at radius 1 is 0.923 bits per heavy atom. The highest BCUT2D eigenvalue weighted by Crippen LogP contribution is 2.27. The molecule has 0 fully saturated rings. The Kier molecular flexibility index (Phi) is 4.63. The second-order valence-corrected chi connectivity index (χ2v) is 7.00. The van der Waals surface area contributed by atoms with Crippen LogP contribution in [0.1, 0.15) is 28.4 Å². The van der Waals surface area contributed by atoms with Crippen LogP contribution in [-0.4, -0.2) is 20.8 Å². The fourth-order valence-corrected chi connectivity index (χ4v) is 3.33. The van der Waals surface area contributed by atoms with Crippen molar-refractivity contribution < 1.29 is 4.79 Å². The number of halogens is 1. The molecule has 0 bridgehead atoms. The second kappa shape index (κ2) is 7.22. The summed E-state index contributed by atoms with van der Waals surface area (Å²) in [6.07, 6.45) is 0.318.